The third-order valence-corrected chi connectivity index (χ3v) is 2.63. The van der Waals surface area contributed by atoms with E-state index in [2.05, 4.69) is 0 Å². The number of carbonyl (C=O) groups excluding carboxylic acids is 2. The standard InChI is InChI=1S/C13H15ClO3/c1-9(15)4-3-5-12(16)11-8-10(14)6-7-13(11)17-2/h6-8H,3-5H2,1-2H3. The zero-order chi connectivity index (χ0) is 12.8. The Morgan fingerprint density at radius 2 is 2.00 bits per heavy atom. The van der Waals surface area contributed by atoms with Crippen LogP contribution in [-0.2, 0) is 4.79 Å². The van der Waals surface area contributed by atoms with Crippen molar-refractivity contribution in [2.24, 2.45) is 0 Å². The van der Waals surface area contributed by atoms with Crippen LogP contribution < -0.4 is 4.74 Å². The van der Waals surface area contributed by atoms with Crippen molar-refractivity contribution >= 4 is 23.2 Å². The first-order chi connectivity index (χ1) is 8.04. The molecular formula is C13H15ClO3. The van der Waals surface area contributed by atoms with Gasteiger partial charge in [-0.25, -0.2) is 0 Å². The number of rotatable bonds is 6. The molecule has 0 atom stereocenters. The highest BCUT2D eigenvalue weighted by atomic mass is 35.5. The molecule has 0 saturated heterocycles. The van der Waals surface area contributed by atoms with Gasteiger partial charge in [0.05, 0.1) is 12.7 Å². The van der Waals surface area contributed by atoms with Crippen LogP contribution in [0.2, 0.25) is 5.02 Å². The average Bonchev–Trinajstić information content (AvgIpc) is 2.28. The van der Waals surface area contributed by atoms with Gasteiger partial charge in [-0.05, 0) is 31.5 Å². The molecule has 0 N–H and O–H groups in total. The Balaban J connectivity index is 2.73. The second-order valence-corrected chi connectivity index (χ2v) is 4.26. The van der Waals surface area contributed by atoms with Crippen LogP contribution in [0.3, 0.4) is 0 Å². The maximum Gasteiger partial charge on any atom is 0.166 e. The second-order valence-electron chi connectivity index (χ2n) is 3.82. The molecule has 0 saturated carbocycles. The highest BCUT2D eigenvalue weighted by Gasteiger charge is 2.12. The van der Waals surface area contributed by atoms with Crippen molar-refractivity contribution in [2.45, 2.75) is 26.2 Å². The molecule has 17 heavy (non-hydrogen) atoms. The molecule has 0 aliphatic carbocycles. The Labute approximate surface area is 106 Å². The van der Waals surface area contributed by atoms with Gasteiger partial charge in [-0.15, -0.1) is 0 Å². The molecule has 0 fully saturated rings. The van der Waals surface area contributed by atoms with Gasteiger partial charge in [-0.2, -0.15) is 0 Å². The van der Waals surface area contributed by atoms with Gasteiger partial charge in [0.15, 0.2) is 5.78 Å². The van der Waals surface area contributed by atoms with Gasteiger partial charge in [-0.1, -0.05) is 11.6 Å². The van der Waals surface area contributed by atoms with Gasteiger partial charge >= 0.3 is 0 Å². The first-order valence-electron chi connectivity index (χ1n) is 5.40. The fraction of sp³-hybridized carbons (Fsp3) is 0.385. The van der Waals surface area contributed by atoms with E-state index >= 15 is 0 Å². The summed E-state index contributed by atoms with van der Waals surface area (Å²) in [5.41, 5.74) is 0.476. The van der Waals surface area contributed by atoms with Gasteiger partial charge < -0.3 is 9.53 Å². The fourth-order valence-electron chi connectivity index (χ4n) is 1.53. The molecule has 1 rings (SSSR count). The van der Waals surface area contributed by atoms with Gasteiger partial charge in [-0.3, -0.25) is 4.79 Å². The van der Waals surface area contributed by atoms with Crippen LogP contribution in [-0.4, -0.2) is 18.7 Å². The maximum atomic E-state index is 11.9. The minimum atomic E-state index is -0.0504. The Bertz CT molecular complexity index is 427. The number of halogens is 1. The van der Waals surface area contributed by atoms with Crippen LogP contribution in [0.4, 0.5) is 0 Å². The Morgan fingerprint density at radius 1 is 1.29 bits per heavy atom. The minimum Gasteiger partial charge on any atom is -0.496 e. The molecular weight excluding hydrogens is 240 g/mol. The van der Waals surface area contributed by atoms with Crippen LogP contribution >= 0.6 is 11.6 Å². The van der Waals surface area contributed by atoms with Gasteiger partial charge in [0, 0.05) is 17.9 Å². The summed E-state index contributed by atoms with van der Waals surface area (Å²) >= 11 is 5.84. The third kappa shape index (κ3) is 4.19. The van der Waals surface area contributed by atoms with E-state index in [1.54, 1.807) is 18.2 Å². The summed E-state index contributed by atoms with van der Waals surface area (Å²) in [4.78, 5) is 22.7. The quantitative estimate of drug-likeness (QED) is 0.732. The molecule has 1 aromatic rings. The van der Waals surface area contributed by atoms with Crippen LogP contribution in [0.15, 0.2) is 18.2 Å². The molecule has 0 radical (unpaired) electrons. The zero-order valence-electron chi connectivity index (χ0n) is 9.96. The lowest BCUT2D eigenvalue weighted by Crippen LogP contribution is -2.03. The van der Waals surface area contributed by atoms with Crippen molar-refractivity contribution in [3.63, 3.8) is 0 Å². The van der Waals surface area contributed by atoms with Gasteiger partial charge in [0.2, 0.25) is 0 Å². The number of carbonyl (C=O) groups is 2. The third-order valence-electron chi connectivity index (χ3n) is 2.39. The van der Waals surface area contributed by atoms with Crippen molar-refractivity contribution in [1.82, 2.24) is 0 Å². The number of hydrogen-bond acceptors (Lipinski definition) is 3. The number of methoxy groups -OCH3 is 1. The SMILES string of the molecule is COc1ccc(Cl)cc1C(=O)CCCC(C)=O. The van der Waals surface area contributed by atoms with Crippen molar-refractivity contribution in [1.29, 1.82) is 0 Å². The first-order valence-corrected chi connectivity index (χ1v) is 5.78. The summed E-state index contributed by atoms with van der Waals surface area (Å²) in [7, 11) is 1.51. The Kier molecular flexibility index (Phi) is 5.16. The Hall–Kier alpha value is -1.35. The number of Topliss-reactive ketones (excluding diaryl/α,β-unsaturated/α-hetero) is 2. The number of hydrogen-bond donors (Lipinski definition) is 0. The van der Waals surface area contributed by atoms with E-state index in [-0.39, 0.29) is 11.6 Å². The molecule has 3 nitrogen and oxygen atoms in total. The predicted octanol–water partition coefficient (Wildman–Crippen LogP) is 3.29. The average molecular weight is 255 g/mol. The van der Waals surface area contributed by atoms with E-state index in [9.17, 15) is 9.59 Å². The van der Waals surface area contributed by atoms with Crippen LogP contribution in [0.5, 0.6) is 5.75 Å². The monoisotopic (exact) mass is 254 g/mol. The van der Waals surface area contributed by atoms with E-state index in [0.717, 1.165) is 0 Å². The lowest BCUT2D eigenvalue weighted by Gasteiger charge is -2.07. The zero-order valence-corrected chi connectivity index (χ0v) is 10.7. The smallest absolute Gasteiger partial charge is 0.166 e. The van der Waals surface area contributed by atoms with Crippen LogP contribution in [0, 0.1) is 0 Å². The number of ether oxygens (including phenoxy) is 1. The van der Waals surface area contributed by atoms with Crippen molar-refractivity contribution in [3.05, 3.63) is 28.8 Å². The van der Waals surface area contributed by atoms with E-state index in [4.69, 9.17) is 16.3 Å². The molecule has 4 heteroatoms. The molecule has 0 aliphatic rings. The van der Waals surface area contributed by atoms with Crippen LogP contribution in [0.25, 0.3) is 0 Å². The fourth-order valence-corrected chi connectivity index (χ4v) is 1.70. The highest BCUT2D eigenvalue weighted by Crippen LogP contribution is 2.24. The molecule has 0 unspecified atom stereocenters. The second kappa shape index (κ2) is 6.40. The van der Waals surface area contributed by atoms with Crippen LogP contribution in [0.1, 0.15) is 36.5 Å². The molecule has 92 valence electrons. The van der Waals surface area contributed by atoms with Crippen molar-refractivity contribution in [3.8, 4) is 5.75 Å². The molecule has 1 aromatic carbocycles. The Morgan fingerprint density at radius 3 is 2.59 bits per heavy atom. The maximum absolute atomic E-state index is 11.9. The van der Waals surface area contributed by atoms with E-state index < -0.39 is 0 Å². The molecule has 0 spiro atoms. The first kappa shape index (κ1) is 13.7. The molecule has 0 aromatic heterocycles. The van der Waals surface area contributed by atoms with E-state index in [0.29, 0.717) is 35.6 Å². The summed E-state index contributed by atoms with van der Waals surface area (Å²) in [6.07, 6.45) is 1.31. The van der Waals surface area contributed by atoms with Crippen molar-refractivity contribution < 1.29 is 14.3 Å². The summed E-state index contributed by atoms with van der Waals surface area (Å²) in [5.74, 6) is 0.559. The lowest BCUT2D eigenvalue weighted by molar-refractivity contribution is -0.117. The number of ketones is 2. The van der Waals surface area contributed by atoms with Gasteiger partial charge in [0.1, 0.15) is 11.5 Å². The largest absolute Gasteiger partial charge is 0.496 e. The predicted molar refractivity (Wildman–Crippen MR) is 66.9 cm³/mol. The molecule has 0 bridgehead atoms. The van der Waals surface area contributed by atoms with Crippen molar-refractivity contribution in [2.75, 3.05) is 7.11 Å². The highest BCUT2D eigenvalue weighted by molar-refractivity contribution is 6.31. The molecule has 0 amide bonds. The van der Waals surface area contributed by atoms with E-state index in [1.165, 1.54) is 14.0 Å². The summed E-state index contributed by atoms with van der Waals surface area (Å²) in [5, 5.41) is 0.501. The van der Waals surface area contributed by atoms with Gasteiger partial charge in [0.25, 0.3) is 0 Å². The molecule has 0 heterocycles. The summed E-state index contributed by atoms with van der Waals surface area (Å²) in [6, 6.07) is 4.93. The normalized spacial score (nSPS) is 10.1. The topological polar surface area (TPSA) is 43.4 Å². The lowest BCUT2D eigenvalue weighted by atomic mass is 10.0. The number of benzene rings is 1. The van der Waals surface area contributed by atoms with E-state index in [1.807, 2.05) is 0 Å². The summed E-state index contributed by atoms with van der Waals surface area (Å²) < 4.78 is 5.10. The molecule has 0 aliphatic heterocycles. The summed E-state index contributed by atoms with van der Waals surface area (Å²) in [6.45, 7) is 1.52. The minimum absolute atomic E-state index is 0.0504.